The molecule has 104 valence electrons. The maximum atomic E-state index is 13.2. The zero-order chi connectivity index (χ0) is 14.7. The molecule has 20 heavy (non-hydrogen) atoms. The zero-order valence-corrected chi connectivity index (χ0v) is 12.1. The maximum Gasteiger partial charge on any atom is 0.226 e. The number of halogens is 1. The van der Waals surface area contributed by atoms with Gasteiger partial charge in [0.05, 0.1) is 0 Å². The van der Waals surface area contributed by atoms with Gasteiger partial charge in [0.25, 0.3) is 0 Å². The Morgan fingerprint density at radius 2 is 2.10 bits per heavy atom. The fraction of sp³-hybridized carbons (Fsp3) is 0.214. The lowest BCUT2D eigenvalue weighted by molar-refractivity contribution is 0.625. The highest BCUT2D eigenvalue weighted by molar-refractivity contribution is 7.80. The van der Waals surface area contributed by atoms with Crippen molar-refractivity contribution in [2.24, 2.45) is 5.73 Å². The summed E-state index contributed by atoms with van der Waals surface area (Å²) >= 11 is 4.93. The van der Waals surface area contributed by atoms with Crippen LogP contribution in [0.15, 0.2) is 30.3 Å². The summed E-state index contributed by atoms with van der Waals surface area (Å²) in [6, 6.07) is 8.17. The lowest BCUT2D eigenvalue weighted by Gasteiger charge is -2.18. The summed E-state index contributed by atoms with van der Waals surface area (Å²) in [6.45, 7) is 2.35. The molecule has 0 atom stereocenters. The maximum absolute atomic E-state index is 13.2. The standard InChI is InChI=1S/C14H15FN4S/c1-9-6-12(13(16)20)18-14(17-9)19(2)8-10-4-3-5-11(15)7-10/h3-7H,8H2,1-2H3,(H2,16,20). The first kappa shape index (κ1) is 14.3. The Balaban J connectivity index is 2.25. The highest BCUT2D eigenvalue weighted by Gasteiger charge is 2.09. The van der Waals surface area contributed by atoms with Gasteiger partial charge in [-0.3, -0.25) is 0 Å². The molecule has 6 heteroatoms. The summed E-state index contributed by atoms with van der Waals surface area (Å²) in [4.78, 5) is 10.7. The van der Waals surface area contributed by atoms with E-state index in [-0.39, 0.29) is 10.8 Å². The molecule has 0 bridgehead atoms. The minimum absolute atomic E-state index is 0.232. The topological polar surface area (TPSA) is 55.0 Å². The van der Waals surface area contributed by atoms with Gasteiger partial charge in [0, 0.05) is 19.3 Å². The number of nitrogens with zero attached hydrogens (tertiary/aromatic N) is 3. The van der Waals surface area contributed by atoms with E-state index in [1.165, 1.54) is 12.1 Å². The van der Waals surface area contributed by atoms with Crippen molar-refractivity contribution in [3.8, 4) is 0 Å². The second-order valence-electron chi connectivity index (χ2n) is 4.54. The molecule has 2 rings (SSSR count). The zero-order valence-electron chi connectivity index (χ0n) is 11.3. The fourth-order valence-corrected chi connectivity index (χ4v) is 1.93. The van der Waals surface area contributed by atoms with Crippen LogP contribution in [0.25, 0.3) is 0 Å². The molecule has 2 N–H and O–H groups in total. The van der Waals surface area contributed by atoms with Crippen molar-refractivity contribution in [1.29, 1.82) is 0 Å². The number of benzene rings is 1. The molecule has 0 aliphatic rings. The molecule has 0 radical (unpaired) electrons. The normalized spacial score (nSPS) is 10.3. The number of nitrogens with two attached hydrogens (primary N) is 1. The molecule has 2 aromatic rings. The molecule has 0 amide bonds. The van der Waals surface area contributed by atoms with Gasteiger partial charge in [0.2, 0.25) is 5.95 Å². The molecule has 1 heterocycles. The average Bonchev–Trinajstić information content (AvgIpc) is 2.37. The largest absolute Gasteiger partial charge is 0.388 e. The van der Waals surface area contributed by atoms with Crippen molar-refractivity contribution in [3.63, 3.8) is 0 Å². The van der Waals surface area contributed by atoms with Crippen molar-refractivity contribution in [3.05, 3.63) is 53.1 Å². The second-order valence-corrected chi connectivity index (χ2v) is 4.98. The van der Waals surface area contributed by atoms with Crippen LogP contribution in [0.3, 0.4) is 0 Å². The van der Waals surface area contributed by atoms with Crippen LogP contribution in [-0.4, -0.2) is 22.0 Å². The molecule has 1 aromatic carbocycles. The van der Waals surface area contributed by atoms with Crippen molar-refractivity contribution < 1.29 is 4.39 Å². The van der Waals surface area contributed by atoms with E-state index in [1.54, 1.807) is 12.1 Å². The number of aryl methyl sites for hydroxylation is 1. The predicted molar refractivity (Wildman–Crippen MR) is 81.2 cm³/mol. The molecular weight excluding hydrogens is 275 g/mol. The summed E-state index contributed by atoms with van der Waals surface area (Å²) in [5, 5.41) is 0. The number of thiocarbonyl (C=S) groups is 1. The molecule has 0 fully saturated rings. The van der Waals surface area contributed by atoms with Crippen LogP contribution in [0.1, 0.15) is 17.0 Å². The van der Waals surface area contributed by atoms with Crippen LogP contribution in [0, 0.1) is 12.7 Å². The Morgan fingerprint density at radius 1 is 1.35 bits per heavy atom. The van der Waals surface area contributed by atoms with Crippen LogP contribution in [-0.2, 0) is 6.54 Å². The molecule has 0 unspecified atom stereocenters. The number of hydrogen-bond donors (Lipinski definition) is 1. The first-order valence-electron chi connectivity index (χ1n) is 6.07. The van der Waals surface area contributed by atoms with E-state index in [0.29, 0.717) is 18.2 Å². The van der Waals surface area contributed by atoms with E-state index in [0.717, 1.165) is 11.3 Å². The van der Waals surface area contributed by atoms with Crippen LogP contribution in [0.5, 0.6) is 0 Å². The lowest BCUT2D eigenvalue weighted by Crippen LogP contribution is -2.22. The van der Waals surface area contributed by atoms with Crippen molar-refractivity contribution in [2.75, 3.05) is 11.9 Å². The van der Waals surface area contributed by atoms with Gasteiger partial charge < -0.3 is 10.6 Å². The first-order chi connectivity index (χ1) is 9.45. The van der Waals surface area contributed by atoms with Gasteiger partial charge in [-0.25, -0.2) is 14.4 Å². The summed E-state index contributed by atoms with van der Waals surface area (Å²) < 4.78 is 13.2. The summed E-state index contributed by atoms with van der Waals surface area (Å²) in [5.74, 6) is 0.252. The molecule has 4 nitrogen and oxygen atoms in total. The van der Waals surface area contributed by atoms with Crippen LogP contribution in [0.4, 0.5) is 10.3 Å². The summed E-state index contributed by atoms with van der Waals surface area (Å²) in [5.41, 5.74) is 7.76. The van der Waals surface area contributed by atoms with Gasteiger partial charge in [0.15, 0.2) is 0 Å². The van der Waals surface area contributed by atoms with E-state index >= 15 is 0 Å². The van der Waals surface area contributed by atoms with Gasteiger partial charge in [-0.05, 0) is 30.7 Å². The molecule has 0 aliphatic heterocycles. The summed E-state index contributed by atoms with van der Waals surface area (Å²) in [7, 11) is 1.84. The Hall–Kier alpha value is -2.08. The van der Waals surface area contributed by atoms with Crippen molar-refractivity contribution in [2.45, 2.75) is 13.5 Å². The Labute approximate surface area is 122 Å². The quantitative estimate of drug-likeness (QED) is 0.875. The fourth-order valence-electron chi connectivity index (χ4n) is 1.83. The van der Waals surface area contributed by atoms with Gasteiger partial charge in [0.1, 0.15) is 16.5 Å². The average molecular weight is 290 g/mol. The second kappa shape index (κ2) is 5.92. The minimum Gasteiger partial charge on any atom is -0.388 e. The van der Waals surface area contributed by atoms with E-state index < -0.39 is 0 Å². The third-order valence-electron chi connectivity index (χ3n) is 2.75. The highest BCUT2D eigenvalue weighted by atomic mass is 32.1. The van der Waals surface area contributed by atoms with Crippen LogP contribution < -0.4 is 10.6 Å². The Kier molecular flexibility index (Phi) is 4.24. The van der Waals surface area contributed by atoms with Crippen molar-refractivity contribution >= 4 is 23.2 Å². The third-order valence-corrected chi connectivity index (χ3v) is 2.95. The van der Waals surface area contributed by atoms with Gasteiger partial charge in [-0.15, -0.1) is 0 Å². The van der Waals surface area contributed by atoms with E-state index in [1.807, 2.05) is 24.9 Å². The van der Waals surface area contributed by atoms with Gasteiger partial charge in [-0.1, -0.05) is 24.4 Å². The number of hydrogen-bond acceptors (Lipinski definition) is 4. The van der Waals surface area contributed by atoms with Gasteiger partial charge in [-0.2, -0.15) is 0 Å². The molecular formula is C14H15FN4S. The lowest BCUT2D eigenvalue weighted by atomic mass is 10.2. The Morgan fingerprint density at radius 3 is 2.75 bits per heavy atom. The molecule has 0 saturated heterocycles. The predicted octanol–water partition coefficient (Wildman–Crippen LogP) is 2.19. The smallest absolute Gasteiger partial charge is 0.226 e. The van der Waals surface area contributed by atoms with Crippen LogP contribution in [0.2, 0.25) is 0 Å². The van der Waals surface area contributed by atoms with E-state index in [4.69, 9.17) is 18.0 Å². The van der Waals surface area contributed by atoms with Crippen molar-refractivity contribution in [1.82, 2.24) is 9.97 Å². The molecule has 0 saturated carbocycles. The molecule has 0 aliphatic carbocycles. The summed E-state index contributed by atoms with van der Waals surface area (Å²) in [6.07, 6.45) is 0. The van der Waals surface area contributed by atoms with Gasteiger partial charge >= 0.3 is 0 Å². The van der Waals surface area contributed by atoms with E-state index in [9.17, 15) is 4.39 Å². The SMILES string of the molecule is Cc1cc(C(N)=S)nc(N(C)Cc2cccc(F)c2)n1. The highest BCUT2D eigenvalue weighted by Crippen LogP contribution is 2.13. The van der Waals surface area contributed by atoms with E-state index in [2.05, 4.69) is 9.97 Å². The number of aromatic nitrogens is 2. The molecule has 0 spiro atoms. The molecule has 1 aromatic heterocycles. The monoisotopic (exact) mass is 290 g/mol. The first-order valence-corrected chi connectivity index (χ1v) is 6.47. The Bertz CT molecular complexity index is 645. The minimum atomic E-state index is -0.259. The number of rotatable bonds is 4. The van der Waals surface area contributed by atoms with Crippen LogP contribution >= 0.6 is 12.2 Å². The third kappa shape index (κ3) is 3.48. The number of anilines is 1.